The molecule has 1 amide bonds. The van der Waals surface area contributed by atoms with Crippen molar-refractivity contribution in [1.29, 1.82) is 0 Å². The maximum atomic E-state index is 11.7. The van der Waals surface area contributed by atoms with Crippen LogP contribution >= 0.6 is 0 Å². The van der Waals surface area contributed by atoms with Gasteiger partial charge in [0, 0.05) is 11.6 Å². The van der Waals surface area contributed by atoms with Crippen molar-refractivity contribution in [3.8, 4) is 0 Å². The molecule has 1 rings (SSSR count). The summed E-state index contributed by atoms with van der Waals surface area (Å²) in [7, 11) is 0. The summed E-state index contributed by atoms with van der Waals surface area (Å²) >= 11 is 0. The number of rotatable bonds is 4. The Kier molecular flexibility index (Phi) is 6.13. The van der Waals surface area contributed by atoms with E-state index in [9.17, 15) is 4.79 Å². The van der Waals surface area contributed by atoms with Gasteiger partial charge in [0.25, 0.3) is 0 Å². The minimum atomic E-state index is -0.129. The summed E-state index contributed by atoms with van der Waals surface area (Å²) in [4.78, 5) is 11.7. The highest BCUT2D eigenvalue weighted by atomic mass is 16.2. The third-order valence-corrected chi connectivity index (χ3v) is 3.73. The largest absolute Gasteiger partial charge is 0.350 e. The number of hydrogen-bond acceptors (Lipinski definition) is 2. The van der Waals surface area contributed by atoms with E-state index in [1.165, 1.54) is 38.5 Å². The molecule has 0 heterocycles. The molecule has 0 aromatic rings. The Morgan fingerprint density at radius 2 is 1.89 bits per heavy atom. The molecule has 2 N–H and O–H groups in total. The van der Waals surface area contributed by atoms with Gasteiger partial charge >= 0.3 is 0 Å². The van der Waals surface area contributed by atoms with Crippen LogP contribution in [-0.4, -0.2) is 24.0 Å². The predicted octanol–water partition coefficient (Wildman–Crippen LogP) is 2.85. The van der Waals surface area contributed by atoms with Crippen LogP contribution in [0.3, 0.4) is 0 Å². The van der Waals surface area contributed by atoms with Crippen molar-refractivity contribution in [3.63, 3.8) is 0 Å². The van der Waals surface area contributed by atoms with E-state index in [2.05, 4.69) is 17.6 Å². The Morgan fingerprint density at radius 1 is 1.17 bits per heavy atom. The van der Waals surface area contributed by atoms with Crippen molar-refractivity contribution in [2.24, 2.45) is 5.92 Å². The van der Waals surface area contributed by atoms with Crippen LogP contribution in [0.1, 0.15) is 66.2 Å². The van der Waals surface area contributed by atoms with Gasteiger partial charge in [-0.15, -0.1) is 0 Å². The first-order valence-corrected chi connectivity index (χ1v) is 7.45. The molecular formula is C15H30N2O. The summed E-state index contributed by atoms with van der Waals surface area (Å²) in [5.74, 6) is 1.01. The lowest BCUT2D eigenvalue weighted by Crippen LogP contribution is -2.46. The molecule has 0 bridgehead atoms. The van der Waals surface area contributed by atoms with Gasteiger partial charge in [0.1, 0.15) is 0 Å². The van der Waals surface area contributed by atoms with Gasteiger partial charge in [-0.3, -0.25) is 4.79 Å². The molecular weight excluding hydrogens is 224 g/mol. The molecule has 1 aliphatic carbocycles. The highest BCUT2D eigenvalue weighted by Gasteiger charge is 2.19. The topological polar surface area (TPSA) is 41.1 Å². The Labute approximate surface area is 112 Å². The average molecular weight is 254 g/mol. The molecule has 0 aliphatic heterocycles. The Balaban J connectivity index is 2.25. The zero-order chi connectivity index (χ0) is 13.6. The zero-order valence-electron chi connectivity index (χ0n) is 12.5. The lowest BCUT2D eigenvalue weighted by atomic mass is 9.98. The summed E-state index contributed by atoms with van der Waals surface area (Å²) in [5.41, 5.74) is -0.129. The Hall–Kier alpha value is -0.570. The molecule has 0 spiro atoms. The van der Waals surface area contributed by atoms with Crippen molar-refractivity contribution in [1.82, 2.24) is 10.6 Å². The highest BCUT2D eigenvalue weighted by molar-refractivity contribution is 5.78. The maximum absolute atomic E-state index is 11.7. The molecule has 2 unspecified atom stereocenters. The number of nitrogens with one attached hydrogen (secondary N) is 2. The van der Waals surface area contributed by atoms with Crippen molar-refractivity contribution >= 4 is 5.91 Å². The van der Waals surface area contributed by atoms with Crippen molar-refractivity contribution in [3.05, 3.63) is 0 Å². The van der Waals surface area contributed by atoms with Crippen molar-refractivity contribution < 1.29 is 4.79 Å². The molecule has 1 saturated carbocycles. The van der Waals surface area contributed by atoms with Crippen LogP contribution in [-0.2, 0) is 4.79 Å². The van der Waals surface area contributed by atoms with Crippen LogP contribution in [0.2, 0.25) is 0 Å². The summed E-state index contributed by atoms with van der Waals surface area (Å²) in [6.07, 6.45) is 7.73. The molecule has 0 aromatic heterocycles. The van der Waals surface area contributed by atoms with E-state index in [0.29, 0.717) is 12.6 Å². The van der Waals surface area contributed by atoms with Crippen molar-refractivity contribution in [2.45, 2.75) is 77.8 Å². The van der Waals surface area contributed by atoms with E-state index >= 15 is 0 Å². The summed E-state index contributed by atoms with van der Waals surface area (Å²) < 4.78 is 0. The van der Waals surface area contributed by atoms with E-state index in [4.69, 9.17) is 0 Å². The van der Waals surface area contributed by atoms with Gasteiger partial charge in [-0.05, 0) is 46.0 Å². The van der Waals surface area contributed by atoms with Crippen LogP contribution in [0.15, 0.2) is 0 Å². The van der Waals surface area contributed by atoms with E-state index in [1.807, 2.05) is 20.8 Å². The average Bonchev–Trinajstić information content (AvgIpc) is 2.49. The number of amides is 1. The first kappa shape index (κ1) is 15.5. The summed E-state index contributed by atoms with van der Waals surface area (Å²) in [6, 6.07) is 0.535. The van der Waals surface area contributed by atoms with Gasteiger partial charge in [0.05, 0.1) is 6.54 Å². The smallest absolute Gasteiger partial charge is 0.234 e. The molecule has 0 saturated heterocycles. The molecule has 1 fully saturated rings. The van der Waals surface area contributed by atoms with Gasteiger partial charge in [0.2, 0.25) is 5.91 Å². The number of carbonyl (C=O) groups excluding carboxylic acids is 1. The lowest BCUT2D eigenvalue weighted by Gasteiger charge is -2.22. The monoisotopic (exact) mass is 254 g/mol. The fourth-order valence-electron chi connectivity index (χ4n) is 2.69. The first-order valence-electron chi connectivity index (χ1n) is 7.45. The van der Waals surface area contributed by atoms with Crippen LogP contribution < -0.4 is 10.6 Å². The highest BCUT2D eigenvalue weighted by Crippen LogP contribution is 2.25. The predicted molar refractivity (Wildman–Crippen MR) is 76.6 cm³/mol. The second-order valence-corrected chi connectivity index (χ2v) is 6.66. The Morgan fingerprint density at radius 3 is 2.50 bits per heavy atom. The van der Waals surface area contributed by atoms with Crippen LogP contribution in [0.25, 0.3) is 0 Å². The minimum absolute atomic E-state index is 0.110. The van der Waals surface area contributed by atoms with E-state index < -0.39 is 0 Å². The molecule has 18 heavy (non-hydrogen) atoms. The molecule has 0 aromatic carbocycles. The fraction of sp³-hybridized carbons (Fsp3) is 0.933. The molecule has 3 nitrogen and oxygen atoms in total. The van der Waals surface area contributed by atoms with Gasteiger partial charge in [-0.2, -0.15) is 0 Å². The van der Waals surface area contributed by atoms with Crippen LogP contribution in [0.5, 0.6) is 0 Å². The zero-order valence-corrected chi connectivity index (χ0v) is 12.5. The lowest BCUT2D eigenvalue weighted by molar-refractivity contribution is -0.121. The third kappa shape index (κ3) is 6.39. The Bertz CT molecular complexity index is 258. The molecule has 1 aliphatic rings. The van der Waals surface area contributed by atoms with E-state index in [-0.39, 0.29) is 11.4 Å². The standard InChI is InChI=1S/C15H30N2O/c1-5-12-7-6-8-13(10-9-12)16-11-14(18)17-15(2,3)4/h12-13,16H,5-11H2,1-4H3,(H,17,18). The van der Waals surface area contributed by atoms with Gasteiger partial charge < -0.3 is 10.6 Å². The first-order chi connectivity index (χ1) is 8.40. The SMILES string of the molecule is CCC1CCCC(NCC(=O)NC(C)(C)C)CC1. The summed E-state index contributed by atoms with van der Waals surface area (Å²) in [6.45, 7) is 8.79. The number of hydrogen-bond donors (Lipinski definition) is 2. The molecule has 2 atom stereocenters. The van der Waals surface area contributed by atoms with Gasteiger partial charge in [-0.25, -0.2) is 0 Å². The van der Waals surface area contributed by atoms with Gasteiger partial charge in [0.15, 0.2) is 0 Å². The fourth-order valence-corrected chi connectivity index (χ4v) is 2.69. The van der Waals surface area contributed by atoms with E-state index in [1.54, 1.807) is 0 Å². The summed E-state index contributed by atoms with van der Waals surface area (Å²) in [5, 5.41) is 6.41. The second kappa shape index (κ2) is 7.13. The van der Waals surface area contributed by atoms with Crippen molar-refractivity contribution in [2.75, 3.05) is 6.54 Å². The maximum Gasteiger partial charge on any atom is 0.234 e. The third-order valence-electron chi connectivity index (χ3n) is 3.73. The minimum Gasteiger partial charge on any atom is -0.350 e. The molecule has 3 heteroatoms. The normalized spacial score (nSPS) is 25.6. The molecule has 106 valence electrons. The van der Waals surface area contributed by atoms with Crippen LogP contribution in [0, 0.1) is 5.92 Å². The van der Waals surface area contributed by atoms with E-state index in [0.717, 1.165) is 5.92 Å². The quantitative estimate of drug-likeness (QED) is 0.757. The second-order valence-electron chi connectivity index (χ2n) is 6.66. The van der Waals surface area contributed by atoms with Gasteiger partial charge in [-0.1, -0.05) is 26.2 Å². The number of carbonyl (C=O) groups is 1. The van der Waals surface area contributed by atoms with Crippen LogP contribution in [0.4, 0.5) is 0 Å². The molecule has 0 radical (unpaired) electrons.